The molecule has 0 spiro atoms. The van der Waals surface area contributed by atoms with Crippen molar-refractivity contribution in [1.29, 1.82) is 0 Å². The van der Waals surface area contributed by atoms with E-state index in [1.165, 1.54) is 0 Å². The van der Waals surface area contributed by atoms with Crippen LogP contribution in [0.2, 0.25) is 0 Å². The van der Waals surface area contributed by atoms with Crippen LogP contribution in [0.3, 0.4) is 0 Å². The molecule has 1 aliphatic rings. The fourth-order valence-electron chi connectivity index (χ4n) is 2.89. The number of hydrazone groups is 1. The summed E-state index contributed by atoms with van der Waals surface area (Å²) >= 11 is 1.54. The molecule has 140 valence electrons. The topological polar surface area (TPSA) is 53.0 Å². The number of hydrogen-bond donors (Lipinski definition) is 1. The molecule has 0 atom stereocenters. The second kappa shape index (κ2) is 9.66. The Hall–Kier alpha value is -1.96. The number of nitrogens with zero attached hydrogens (tertiary/aromatic N) is 4. The number of anilines is 1. The van der Waals surface area contributed by atoms with Crippen LogP contribution >= 0.6 is 11.3 Å². The molecule has 3 rings (SSSR count). The van der Waals surface area contributed by atoms with Gasteiger partial charge in [0.25, 0.3) is 0 Å². The number of piperazine rings is 1. The van der Waals surface area contributed by atoms with Gasteiger partial charge in [0, 0.05) is 43.7 Å². The minimum atomic E-state index is 0.691. The molecule has 2 aromatic rings. The van der Waals surface area contributed by atoms with Crippen LogP contribution in [0.5, 0.6) is 5.75 Å². The van der Waals surface area contributed by atoms with Crippen LogP contribution in [0.1, 0.15) is 18.2 Å². The van der Waals surface area contributed by atoms with Crippen molar-refractivity contribution >= 4 is 22.7 Å². The maximum Gasteiger partial charge on any atom is 0.203 e. The highest BCUT2D eigenvalue weighted by Crippen LogP contribution is 2.17. The number of likely N-dealkylation sites (N-methyl/N-ethyl adjacent to an activating group) is 1. The van der Waals surface area contributed by atoms with Crippen molar-refractivity contribution in [2.24, 2.45) is 5.10 Å². The zero-order valence-corrected chi connectivity index (χ0v) is 16.3. The molecule has 0 amide bonds. The number of aromatic nitrogens is 1. The summed E-state index contributed by atoms with van der Waals surface area (Å²) in [5, 5.41) is 7.07. The highest BCUT2D eigenvalue weighted by molar-refractivity contribution is 7.13. The molecule has 7 heteroatoms. The average molecular weight is 374 g/mol. The van der Waals surface area contributed by atoms with E-state index < -0.39 is 0 Å². The molecule has 0 saturated carbocycles. The molecule has 1 aromatic carbocycles. The Bertz CT molecular complexity index is 709. The van der Waals surface area contributed by atoms with Crippen LogP contribution in [0, 0.1) is 6.92 Å². The SMILES string of the molecule is CCN1CCN(CCOc2ccccc2C=NNc2nc(C)cs2)CC1. The van der Waals surface area contributed by atoms with Gasteiger partial charge in [0.15, 0.2) is 0 Å². The summed E-state index contributed by atoms with van der Waals surface area (Å²) in [5.41, 5.74) is 4.93. The maximum absolute atomic E-state index is 6.01. The van der Waals surface area contributed by atoms with Gasteiger partial charge in [-0.05, 0) is 25.6 Å². The summed E-state index contributed by atoms with van der Waals surface area (Å²) in [7, 11) is 0. The van der Waals surface area contributed by atoms with Gasteiger partial charge in [-0.15, -0.1) is 11.3 Å². The lowest BCUT2D eigenvalue weighted by atomic mass is 10.2. The lowest BCUT2D eigenvalue weighted by Crippen LogP contribution is -2.47. The summed E-state index contributed by atoms with van der Waals surface area (Å²) in [4.78, 5) is 9.28. The van der Waals surface area contributed by atoms with Crippen molar-refractivity contribution in [1.82, 2.24) is 14.8 Å². The van der Waals surface area contributed by atoms with Gasteiger partial charge in [0.05, 0.1) is 11.9 Å². The Morgan fingerprint density at radius 1 is 1.23 bits per heavy atom. The number of ether oxygens (including phenoxy) is 1. The van der Waals surface area contributed by atoms with Gasteiger partial charge in [0.2, 0.25) is 5.13 Å². The summed E-state index contributed by atoms with van der Waals surface area (Å²) in [6, 6.07) is 7.98. The summed E-state index contributed by atoms with van der Waals surface area (Å²) < 4.78 is 6.01. The van der Waals surface area contributed by atoms with E-state index in [0.717, 1.165) is 61.4 Å². The Kier molecular flexibility index (Phi) is 6.99. The normalized spacial score (nSPS) is 16.2. The number of rotatable bonds is 8. The number of para-hydroxylation sites is 1. The third-order valence-corrected chi connectivity index (χ3v) is 5.34. The molecular formula is C19H27N5OS. The molecule has 1 saturated heterocycles. The van der Waals surface area contributed by atoms with Crippen molar-refractivity contribution in [3.05, 3.63) is 40.9 Å². The summed E-state index contributed by atoms with van der Waals surface area (Å²) in [6.07, 6.45) is 1.78. The van der Waals surface area contributed by atoms with Crippen LogP contribution in [-0.4, -0.2) is 66.9 Å². The summed E-state index contributed by atoms with van der Waals surface area (Å²) in [6.45, 7) is 11.5. The van der Waals surface area contributed by atoms with Crippen molar-refractivity contribution in [2.45, 2.75) is 13.8 Å². The van der Waals surface area contributed by atoms with E-state index in [1.807, 2.05) is 36.6 Å². The Morgan fingerprint density at radius 2 is 2.00 bits per heavy atom. The number of thiazole rings is 1. The van der Waals surface area contributed by atoms with Gasteiger partial charge >= 0.3 is 0 Å². The van der Waals surface area contributed by atoms with E-state index >= 15 is 0 Å². The van der Waals surface area contributed by atoms with Crippen molar-refractivity contribution in [2.75, 3.05) is 51.3 Å². The predicted molar refractivity (Wildman–Crippen MR) is 109 cm³/mol. The van der Waals surface area contributed by atoms with Gasteiger partial charge in [-0.3, -0.25) is 10.3 Å². The molecule has 0 radical (unpaired) electrons. The molecule has 0 aliphatic carbocycles. The second-order valence-electron chi connectivity index (χ2n) is 6.33. The monoisotopic (exact) mass is 373 g/mol. The third-order valence-electron chi connectivity index (χ3n) is 4.48. The maximum atomic E-state index is 6.01. The molecular weight excluding hydrogens is 346 g/mol. The highest BCUT2D eigenvalue weighted by Gasteiger charge is 2.15. The van der Waals surface area contributed by atoms with E-state index in [1.54, 1.807) is 17.6 Å². The minimum absolute atomic E-state index is 0.691. The van der Waals surface area contributed by atoms with Gasteiger partial charge in [-0.25, -0.2) is 4.98 Å². The fraction of sp³-hybridized carbons (Fsp3) is 0.474. The Morgan fingerprint density at radius 3 is 2.73 bits per heavy atom. The number of benzene rings is 1. The molecule has 2 heterocycles. The number of nitrogens with one attached hydrogen (secondary N) is 1. The lowest BCUT2D eigenvalue weighted by Gasteiger charge is -2.33. The van der Waals surface area contributed by atoms with Gasteiger partial charge < -0.3 is 9.64 Å². The Balaban J connectivity index is 1.47. The third kappa shape index (κ3) is 5.52. The zero-order valence-electron chi connectivity index (χ0n) is 15.5. The number of aryl methyl sites for hydroxylation is 1. The Labute approximate surface area is 159 Å². The molecule has 0 unspecified atom stereocenters. The first-order valence-corrected chi connectivity index (χ1v) is 10.0. The first kappa shape index (κ1) is 18.8. The quantitative estimate of drug-likeness (QED) is 0.570. The molecule has 1 fully saturated rings. The van der Waals surface area contributed by atoms with Gasteiger partial charge in [-0.2, -0.15) is 5.10 Å². The van der Waals surface area contributed by atoms with Crippen LogP contribution in [0.25, 0.3) is 0 Å². The van der Waals surface area contributed by atoms with E-state index in [0.29, 0.717) is 6.61 Å². The smallest absolute Gasteiger partial charge is 0.203 e. The van der Waals surface area contributed by atoms with Crippen molar-refractivity contribution in [3.8, 4) is 5.75 Å². The molecule has 0 bridgehead atoms. The van der Waals surface area contributed by atoms with Crippen LogP contribution in [-0.2, 0) is 0 Å². The minimum Gasteiger partial charge on any atom is -0.492 e. The highest BCUT2D eigenvalue weighted by atomic mass is 32.1. The molecule has 1 aromatic heterocycles. The molecule has 1 aliphatic heterocycles. The van der Waals surface area contributed by atoms with Gasteiger partial charge in [0.1, 0.15) is 12.4 Å². The predicted octanol–water partition coefficient (Wildman–Crippen LogP) is 2.91. The lowest BCUT2D eigenvalue weighted by molar-refractivity contribution is 0.121. The van der Waals surface area contributed by atoms with E-state index in [4.69, 9.17) is 4.74 Å². The fourth-order valence-corrected chi connectivity index (χ4v) is 3.53. The molecule has 1 N–H and O–H groups in total. The molecule has 26 heavy (non-hydrogen) atoms. The summed E-state index contributed by atoms with van der Waals surface area (Å²) in [5.74, 6) is 0.862. The van der Waals surface area contributed by atoms with Gasteiger partial charge in [-0.1, -0.05) is 19.1 Å². The van der Waals surface area contributed by atoms with Crippen molar-refractivity contribution < 1.29 is 4.74 Å². The standard InChI is InChI=1S/C19H27N5OS/c1-3-23-8-10-24(11-9-23)12-13-25-18-7-5-4-6-17(18)14-20-22-19-21-16(2)15-26-19/h4-7,14-15H,3,8-13H2,1-2H3,(H,21,22). The van der Waals surface area contributed by atoms with Crippen molar-refractivity contribution in [3.63, 3.8) is 0 Å². The zero-order chi connectivity index (χ0) is 18.2. The average Bonchev–Trinajstić information content (AvgIpc) is 3.09. The molecule has 6 nitrogen and oxygen atoms in total. The van der Waals surface area contributed by atoms with Crippen LogP contribution in [0.15, 0.2) is 34.7 Å². The van der Waals surface area contributed by atoms with Crippen LogP contribution < -0.4 is 10.2 Å². The largest absolute Gasteiger partial charge is 0.492 e. The van der Waals surface area contributed by atoms with E-state index in [9.17, 15) is 0 Å². The first-order chi connectivity index (χ1) is 12.7. The number of hydrogen-bond acceptors (Lipinski definition) is 7. The van der Waals surface area contributed by atoms with Crippen LogP contribution in [0.4, 0.5) is 5.13 Å². The first-order valence-electron chi connectivity index (χ1n) is 9.12. The van der Waals surface area contributed by atoms with E-state index in [-0.39, 0.29) is 0 Å². The second-order valence-corrected chi connectivity index (χ2v) is 7.18. The van der Waals surface area contributed by atoms with E-state index in [2.05, 4.69) is 32.2 Å².